The van der Waals surface area contributed by atoms with E-state index in [1.165, 1.54) is 26.0 Å². The first-order valence-electron chi connectivity index (χ1n) is 4.57. The van der Waals surface area contributed by atoms with Gasteiger partial charge in [0.1, 0.15) is 0 Å². The van der Waals surface area contributed by atoms with Crippen LogP contribution < -0.4 is 0 Å². The topological polar surface area (TPSA) is 37.3 Å². The molecule has 88 valence electrons. The van der Waals surface area contributed by atoms with Crippen LogP contribution in [0.3, 0.4) is 0 Å². The third-order valence-electron chi connectivity index (χ3n) is 2.09. The summed E-state index contributed by atoms with van der Waals surface area (Å²) < 4.78 is 36.5. The Balaban J connectivity index is 3.14. The number of aliphatic hydroxyl groups is 1. The molecule has 0 saturated heterocycles. The largest absolute Gasteiger partial charge is 0.454 e. The van der Waals surface area contributed by atoms with E-state index in [0.717, 1.165) is 12.1 Å². The van der Waals surface area contributed by atoms with Crippen LogP contribution in [0.5, 0.6) is 0 Å². The maximum absolute atomic E-state index is 12.2. The van der Waals surface area contributed by atoms with Gasteiger partial charge in [0.05, 0.1) is 5.60 Å². The van der Waals surface area contributed by atoms with Crippen molar-refractivity contribution in [1.82, 2.24) is 0 Å². The van der Waals surface area contributed by atoms with E-state index in [1.807, 2.05) is 0 Å². The van der Waals surface area contributed by atoms with E-state index in [0.29, 0.717) is 0 Å². The van der Waals surface area contributed by atoms with Gasteiger partial charge in [-0.15, -0.1) is 0 Å². The van der Waals surface area contributed by atoms with Gasteiger partial charge < -0.3 is 5.11 Å². The van der Waals surface area contributed by atoms with Gasteiger partial charge in [0.25, 0.3) is 5.78 Å². The van der Waals surface area contributed by atoms with Gasteiger partial charge in [-0.25, -0.2) is 0 Å². The Morgan fingerprint density at radius 2 is 1.81 bits per heavy atom. The Morgan fingerprint density at radius 1 is 1.25 bits per heavy atom. The van der Waals surface area contributed by atoms with E-state index < -0.39 is 23.1 Å². The van der Waals surface area contributed by atoms with Crippen molar-refractivity contribution in [3.8, 4) is 0 Å². The molecule has 0 aliphatic rings. The van der Waals surface area contributed by atoms with E-state index in [9.17, 15) is 23.1 Å². The number of carbonyl (C=O) groups excluding carboxylic acids is 1. The number of alkyl halides is 3. The number of hydrogen-bond donors (Lipinski definition) is 1. The minimum Gasteiger partial charge on any atom is -0.386 e. The average molecular weight is 232 g/mol. The second-order valence-electron chi connectivity index (χ2n) is 3.97. The molecule has 0 unspecified atom stereocenters. The van der Waals surface area contributed by atoms with E-state index in [-0.39, 0.29) is 5.56 Å². The molecule has 0 atom stereocenters. The molecular weight excluding hydrogens is 221 g/mol. The van der Waals surface area contributed by atoms with Crippen LogP contribution in [0.1, 0.15) is 29.8 Å². The lowest BCUT2D eigenvalue weighted by molar-refractivity contribution is -0.0885. The van der Waals surface area contributed by atoms with Crippen LogP contribution in [-0.4, -0.2) is 17.1 Å². The predicted molar refractivity (Wildman–Crippen MR) is 52.1 cm³/mol. The van der Waals surface area contributed by atoms with Crippen molar-refractivity contribution in [1.29, 1.82) is 0 Å². The fourth-order valence-electron chi connectivity index (χ4n) is 1.20. The van der Waals surface area contributed by atoms with Crippen LogP contribution in [0.15, 0.2) is 24.3 Å². The average Bonchev–Trinajstić information content (AvgIpc) is 2.14. The number of Topliss-reactive ketones (excluding diaryl/α,β-unsaturated/α-hetero) is 1. The minimum absolute atomic E-state index is 0.266. The number of halogens is 3. The van der Waals surface area contributed by atoms with E-state index in [4.69, 9.17) is 0 Å². The molecule has 0 fully saturated rings. The summed E-state index contributed by atoms with van der Waals surface area (Å²) in [7, 11) is 0. The van der Waals surface area contributed by atoms with Crippen molar-refractivity contribution >= 4 is 5.78 Å². The Labute approximate surface area is 90.7 Å². The molecular formula is C11H11F3O2. The second-order valence-corrected chi connectivity index (χ2v) is 3.97. The van der Waals surface area contributed by atoms with Gasteiger partial charge in [0.15, 0.2) is 0 Å². The number of ketones is 1. The summed E-state index contributed by atoms with van der Waals surface area (Å²) >= 11 is 0. The standard InChI is InChI=1S/C11H11F3O2/c1-10(2,16)8-5-3-4-7(6-8)9(15)11(12,13)14/h3-6,16H,1-2H3. The third kappa shape index (κ3) is 2.82. The number of carbonyl (C=O) groups is 1. The van der Waals surface area contributed by atoms with E-state index >= 15 is 0 Å². The molecule has 1 N–H and O–H groups in total. The second kappa shape index (κ2) is 3.90. The molecule has 0 bridgehead atoms. The van der Waals surface area contributed by atoms with Crippen LogP contribution >= 0.6 is 0 Å². The molecule has 1 aromatic rings. The maximum Gasteiger partial charge on any atom is 0.454 e. The van der Waals surface area contributed by atoms with Crippen molar-refractivity contribution in [3.63, 3.8) is 0 Å². The van der Waals surface area contributed by atoms with Gasteiger partial charge in [-0.05, 0) is 25.5 Å². The summed E-state index contributed by atoms with van der Waals surface area (Å²) in [5.74, 6) is -1.90. The van der Waals surface area contributed by atoms with Crippen LogP contribution in [0.25, 0.3) is 0 Å². The molecule has 1 aromatic carbocycles. The number of benzene rings is 1. The molecule has 0 saturated carbocycles. The zero-order valence-electron chi connectivity index (χ0n) is 8.80. The normalized spacial score (nSPS) is 12.6. The van der Waals surface area contributed by atoms with Crippen LogP contribution in [0.2, 0.25) is 0 Å². The van der Waals surface area contributed by atoms with E-state index in [1.54, 1.807) is 0 Å². The number of rotatable bonds is 2. The lowest BCUT2D eigenvalue weighted by Gasteiger charge is -2.18. The minimum atomic E-state index is -4.89. The molecule has 16 heavy (non-hydrogen) atoms. The zero-order chi connectivity index (χ0) is 12.6. The zero-order valence-corrected chi connectivity index (χ0v) is 8.80. The van der Waals surface area contributed by atoms with Crippen molar-refractivity contribution in [2.75, 3.05) is 0 Å². The summed E-state index contributed by atoms with van der Waals surface area (Å²) in [6.45, 7) is 2.87. The Morgan fingerprint density at radius 3 is 2.25 bits per heavy atom. The van der Waals surface area contributed by atoms with Crippen LogP contribution in [0, 0.1) is 0 Å². The lowest BCUT2D eigenvalue weighted by atomic mass is 9.95. The van der Waals surface area contributed by atoms with Crippen molar-refractivity contribution in [3.05, 3.63) is 35.4 Å². The summed E-state index contributed by atoms with van der Waals surface area (Å²) in [6, 6.07) is 4.90. The van der Waals surface area contributed by atoms with Gasteiger partial charge >= 0.3 is 6.18 Å². The summed E-state index contributed by atoms with van der Waals surface area (Å²) in [4.78, 5) is 10.9. The summed E-state index contributed by atoms with van der Waals surface area (Å²) in [5.41, 5.74) is -1.48. The van der Waals surface area contributed by atoms with Gasteiger partial charge in [-0.2, -0.15) is 13.2 Å². The Hall–Kier alpha value is -1.36. The van der Waals surface area contributed by atoms with Crippen molar-refractivity contribution in [2.24, 2.45) is 0 Å². The molecule has 5 heteroatoms. The first kappa shape index (κ1) is 12.7. The molecule has 1 rings (SSSR count). The third-order valence-corrected chi connectivity index (χ3v) is 2.09. The highest BCUT2D eigenvalue weighted by Gasteiger charge is 2.39. The summed E-state index contributed by atoms with van der Waals surface area (Å²) in [6.07, 6.45) is -4.89. The lowest BCUT2D eigenvalue weighted by Crippen LogP contribution is -2.24. The van der Waals surface area contributed by atoms with Crippen LogP contribution in [0.4, 0.5) is 13.2 Å². The highest BCUT2D eigenvalue weighted by molar-refractivity contribution is 6.00. The fraction of sp³-hybridized carbons (Fsp3) is 0.364. The number of hydrogen-bond acceptors (Lipinski definition) is 2. The van der Waals surface area contributed by atoms with Crippen LogP contribution in [-0.2, 0) is 5.60 Å². The SMILES string of the molecule is CC(C)(O)c1cccc(C(=O)C(F)(F)F)c1. The molecule has 0 heterocycles. The summed E-state index contributed by atoms with van der Waals surface area (Å²) in [5, 5.41) is 9.61. The Bertz CT molecular complexity index is 402. The molecule has 2 nitrogen and oxygen atoms in total. The van der Waals surface area contributed by atoms with Crippen molar-refractivity contribution < 1.29 is 23.1 Å². The van der Waals surface area contributed by atoms with Gasteiger partial charge in [-0.3, -0.25) is 4.79 Å². The monoisotopic (exact) mass is 232 g/mol. The Kier molecular flexibility index (Phi) is 3.10. The van der Waals surface area contributed by atoms with Gasteiger partial charge in [0.2, 0.25) is 0 Å². The highest BCUT2D eigenvalue weighted by Crippen LogP contribution is 2.25. The quantitative estimate of drug-likeness (QED) is 0.796. The van der Waals surface area contributed by atoms with E-state index in [2.05, 4.69) is 0 Å². The molecule has 0 aromatic heterocycles. The smallest absolute Gasteiger partial charge is 0.386 e. The molecule has 0 amide bonds. The predicted octanol–water partition coefficient (Wildman–Crippen LogP) is 2.66. The van der Waals surface area contributed by atoms with Gasteiger partial charge in [-0.1, -0.05) is 18.2 Å². The maximum atomic E-state index is 12.2. The van der Waals surface area contributed by atoms with Gasteiger partial charge in [0, 0.05) is 5.56 Å². The van der Waals surface area contributed by atoms with Crippen molar-refractivity contribution in [2.45, 2.75) is 25.6 Å². The first-order chi connectivity index (χ1) is 7.12. The fourth-order valence-corrected chi connectivity index (χ4v) is 1.20. The molecule has 0 spiro atoms. The molecule has 0 aliphatic carbocycles. The first-order valence-corrected chi connectivity index (χ1v) is 4.57. The molecule has 0 aliphatic heterocycles. The molecule has 0 radical (unpaired) electrons. The highest BCUT2D eigenvalue weighted by atomic mass is 19.4.